The van der Waals surface area contributed by atoms with Crippen LogP contribution in [-0.2, 0) is 16.4 Å². The summed E-state index contributed by atoms with van der Waals surface area (Å²) >= 11 is 5.93. The van der Waals surface area contributed by atoms with Crippen LogP contribution in [0.5, 0.6) is 0 Å². The van der Waals surface area contributed by atoms with Crippen molar-refractivity contribution in [1.29, 1.82) is 0 Å². The van der Waals surface area contributed by atoms with Gasteiger partial charge in [-0.3, -0.25) is 4.40 Å². The SMILES string of the molecule is CCCc1nnc2c(N(CC)S(=O)(=O)c3ccc(Cl)cc3)nc3ccccc3n12. The number of halogens is 1. The average Bonchev–Trinajstić information content (AvgIpc) is 3.13. The van der Waals surface area contributed by atoms with Crippen molar-refractivity contribution in [2.45, 2.75) is 31.6 Å². The topological polar surface area (TPSA) is 80.5 Å². The van der Waals surface area contributed by atoms with Crippen LogP contribution in [0.2, 0.25) is 5.02 Å². The third-order valence-corrected chi connectivity index (χ3v) is 6.81. The molecule has 0 bridgehead atoms. The molecule has 9 heteroatoms. The maximum atomic E-state index is 13.4. The Labute approximate surface area is 174 Å². The minimum absolute atomic E-state index is 0.144. The van der Waals surface area contributed by atoms with Crippen LogP contribution >= 0.6 is 11.6 Å². The summed E-state index contributed by atoms with van der Waals surface area (Å²) in [5.41, 5.74) is 1.95. The number of nitrogens with zero attached hydrogens (tertiary/aromatic N) is 5. The molecule has 0 radical (unpaired) electrons. The molecule has 0 fully saturated rings. The number of benzene rings is 2. The lowest BCUT2D eigenvalue weighted by Gasteiger charge is -2.22. The van der Waals surface area contributed by atoms with Gasteiger partial charge in [-0.05, 0) is 49.7 Å². The first-order valence-electron chi connectivity index (χ1n) is 9.38. The van der Waals surface area contributed by atoms with Crippen LogP contribution in [0.15, 0.2) is 53.4 Å². The fourth-order valence-corrected chi connectivity index (χ4v) is 4.90. The number of rotatable bonds is 6. The van der Waals surface area contributed by atoms with Gasteiger partial charge in [-0.2, -0.15) is 0 Å². The van der Waals surface area contributed by atoms with E-state index in [1.54, 1.807) is 19.1 Å². The smallest absolute Gasteiger partial charge is 0.265 e. The highest BCUT2D eigenvalue weighted by Gasteiger charge is 2.28. The highest BCUT2D eigenvalue weighted by atomic mass is 35.5. The van der Waals surface area contributed by atoms with Crippen LogP contribution in [0.3, 0.4) is 0 Å². The summed E-state index contributed by atoms with van der Waals surface area (Å²) < 4.78 is 29.9. The average molecular weight is 430 g/mol. The Morgan fingerprint density at radius 2 is 1.76 bits per heavy atom. The van der Waals surface area contributed by atoms with Gasteiger partial charge >= 0.3 is 0 Å². The van der Waals surface area contributed by atoms with E-state index in [2.05, 4.69) is 22.1 Å². The van der Waals surface area contributed by atoms with Crippen molar-refractivity contribution in [2.24, 2.45) is 0 Å². The monoisotopic (exact) mass is 429 g/mol. The van der Waals surface area contributed by atoms with Gasteiger partial charge in [0.15, 0.2) is 5.82 Å². The van der Waals surface area contributed by atoms with Gasteiger partial charge in [-0.1, -0.05) is 30.7 Å². The van der Waals surface area contributed by atoms with E-state index in [0.717, 1.165) is 24.2 Å². The first kappa shape index (κ1) is 19.6. The van der Waals surface area contributed by atoms with E-state index >= 15 is 0 Å². The van der Waals surface area contributed by atoms with Crippen molar-refractivity contribution < 1.29 is 8.42 Å². The summed E-state index contributed by atoms with van der Waals surface area (Å²) in [6, 6.07) is 13.7. The van der Waals surface area contributed by atoms with Crippen LogP contribution in [0.4, 0.5) is 5.82 Å². The fraction of sp³-hybridized carbons (Fsp3) is 0.250. The maximum absolute atomic E-state index is 13.4. The van der Waals surface area contributed by atoms with E-state index in [0.29, 0.717) is 16.2 Å². The molecule has 0 spiro atoms. The van der Waals surface area contributed by atoms with Crippen molar-refractivity contribution in [3.63, 3.8) is 0 Å². The van der Waals surface area contributed by atoms with Gasteiger partial charge in [0.2, 0.25) is 5.65 Å². The molecule has 0 aliphatic rings. The number of hydrogen-bond donors (Lipinski definition) is 0. The minimum Gasteiger partial charge on any atom is -0.274 e. The Balaban J connectivity index is 1.99. The Kier molecular flexibility index (Phi) is 5.14. The van der Waals surface area contributed by atoms with E-state index < -0.39 is 10.0 Å². The van der Waals surface area contributed by atoms with Crippen molar-refractivity contribution in [1.82, 2.24) is 19.6 Å². The number of sulfonamides is 1. The molecule has 4 aromatic rings. The Bertz CT molecular complexity index is 1290. The van der Waals surface area contributed by atoms with Crippen molar-refractivity contribution >= 4 is 44.1 Å². The lowest BCUT2D eigenvalue weighted by molar-refractivity contribution is 0.591. The number of aryl methyl sites for hydroxylation is 1. The zero-order valence-electron chi connectivity index (χ0n) is 16.1. The van der Waals surface area contributed by atoms with Crippen molar-refractivity contribution in [3.8, 4) is 0 Å². The molecule has 0 saturated heterocycles. The molecule has 0 amide bonds. The first-order valence-corrected chi connectivity index (χ1v) is 11.2. The molecule has 0 aliphatic carbocycles. The molecule has 7 nitrogen and oxygen atoms in total. The minimum atomic E-state index is -3.85. The largest absolute Gasteiger partial charge is 0.274 e. The van der Waals surface area contributed by atoms with Crippen LogP contribution in [0, 0.1) is 0 Å². The number of hydrogen-bond acceptors (Lipinski definition) is 5. The van der Waals surface area contributed by atoms with Crippen LogP contribution in [0.1, 0.15) is 26.1 Å². The van der Waals surface area contributed by atoms with Gasteiger partial charge in [-0.25, -0.2) is 17.7 Å². The molecule has 2 aromatic carbocycles. The quantitative estimate of drug-likeness (QED) is 0.461. The Hall–Kier alpha value is -2.71. The van der Waals surface area contributed by atoms with Gasteiger partial charge in [0.05, 0.1) is 15.9 Å². The molecule has 0 aliphatic heterocycles. The molecule has 150 valence electrons. The molecule has 0 saturated carbocycles. The van der Waals surface area contributed by atoms with E-state index in [4.69, 9.17) is 11.6 Å². The Morgan fingerprint density at radius 3 is 2.45 bits per heavy atom. The molecule has 29 heavy (non-hydrogen) atoms. The van der Waals surface area contributed by atoms with Crippen LogP contribution < -0.4 is 4.31 Å². The summed E-state index contributed by atoms with van der Waals surface area (Å²) in [6.07, 6.45) is 1.62. The number of aromatic nitrogens is 4. The molecule has 0 unspecified atom stereocenters. The molecule has 0 atom stereocenters. The second-order valence-electron chi connectivity index (χ2n) is 6.57. The van der Waals surface area contributed by atoms with Crippen molar-refractivity contribution in [2.75, 3.05) is 10.8 Å². The van der Waals surface area contributed by atoms with Crippen LogP contribution in [-0.4, -0.2) is 34.5 Å². The second-order valence-corrected chi connectivity index (χ2v) is 8.87. The standard InChI is InChI=1S/C20H20ClN5O2S/c1-3-7-18-23-24-20-19(22-16-8-5-6-9-17(16)26(18)20)25(4-2)29(27,28)15-12-10-14(21)11-13-15/h5-6,8-13H,3-4,7H2,1-2H3. The van der Waals surface area contributed by atoms with Crippen molar-refractivity contribution in [3.05, 3.63) is 59.4 Å². The van der Waals surface area contributed by atoms with Gasteiger partial charge in [-0.15, -0.1) is 10.2 Å². The highest BCUT2D eigenvalue weighted by molar-refractivity contribution is 7.92. The van der Waals surface area contributed by atoms with Gasteiger partial charge in [0.25, 0.3) is 10.0 Å². The molecule has 2 aromatic heterocycles. The third kappa shape index (κ3) is 3.32. The summed E-state index contributed by atoms with van der Waals surface area (Å²) in [5.74, 6) is 1.04. The van der Waals surface area contributed by atoms with E-state index in [1.807, 2.05) is 28.7 Å². The predicted octanol–water partition coefficient (Wildman–Crippen LogP) is 4.10. The van der Waals surface area contributed by atoms with E-state index in [-0.39, 0.29) is 17.3 Å². The Morgan fingerprint density at radius 1 is 1.03 bits per heavy atom. The number of fused-ring (bicyclic) bond motifs is 3. The number of para-hydroxylation sites is 2. The first-order chi connectivity index (χ1) is 14.0. The molecule has 4 rings (SSSR count). The van der Waals surface area contributed by atoms with Crippen LogP contribution in [0.25, 0.3) is 16.7 Å². The highest BCUT2D eigenvalue weighted by Crippen LogP contribution is 2.29. The van der Waals surface area contributed by atoms with Gasteiger partial charge < -0.3 is 0 Å². The molecular weight excluding hydrogens is 410 g/mol. The van der Waals surface area contributed by atoms with Gasteiger partial charge in [0.1, 0.15) is 5.82 Å². The summed E-state index contributed by atoms with van der Waals surface area (Å²) in [6.45, 7) is 4.03. The van der Waals surface area contributed by atoms with E-state index in [9.17, 15) is 8.42 Å². The maximum Gasteiger partial charge on any atom is 0.265 e. The third-order valence-electron chi connectivity index (χ3n) is 4.68. The lowest BCUT2D eigenvalue weighted by Crippen LogP contribution is -2.32. The summed E-state index contributed by atoms with van der Waals surface area (Å²) in [5, 5.41) is 9.09. The normalized spacial score (nSPS) is 12.0. The molecule has 2 heterocycles. The zero-order chi connectivity index (χ0) is 20.6. The summed E-state index contributed by atoms with van der Waals surface area (Å²) in [7, 11) is -3.85. The lowest BCUT2D eigenvalue weighted by atomic mass is 10.2. The van der Waals surface area contributed by atoms with E-state index in [1.165, 1.54) is 16.4 Å². The number of anilines is 1. The van der Waals surface area contributed by atoms with Gasteiger partial charge in [0, 0.05) is 18.0 Å². The second kappa shape index (κ2) is 7.61. The predicted molar refractivity (Wildman–Crippen MR) is 114 cm³/mol. The zero-order valence-corrected chi connectivity index (χ0v) is 17.7. The molecule has 0 N–H and O–H groups in total. The summed E-state index contributed by atoms with van der Waals surface area (Å²) in [4.78, 5) is 4.80. The molecular formula is C20H20ClN5O2S. The fourth-order valence-electron chi connectivity index (χ4n) is 3.35.